The lowest BCUT2D eigenvalue weighted by molar-refractivity contribution is -0.132. The van der Waals surface area contributed by atoms with Gasteiger partial charge in [0.15, 0.2) is 0 Å². The summed E-state index contributed by atoms with van der Waals surface area (Å²) in [5.74, 6) is 1.26. The van der Waals surface area contributed by atoms with E-state index in [0.717, 1.165) is 49.2 Å². The topological polar surface area (TPSA) is 78.7 Å². The minimum absolute atomic E-state index is 0.0763. The molecule has 7 heteroatoms. The van der Waals surface area contributed by atoms with Crippen molar-refractivity contribution >= 4 is 11.9 Å². The molecule has 1 aliphatic carbocycles. The van der Waals surface area contributed by atoms with Gasteiger partial charge in [-0.3, -0.25) is 4.79 Å². The summed E-state index contributed by atoms with van der Waals surface area (Å²) in [5.41, 5.74) is 1.79. The summed E-state index contributed by atoms with van der Waals surface area (Å²) in [4.78, 5) is 28.7. The number of amides is 3. The van der Waals surface area contributed by atoms with Gasteiger partial charge in [0.2, 0.25) is 5.91 Å². The third kappa shape index (κ3) is 3.96. The average Bonchev–Trinajstić information content (AvgIpc) is 3.41. The van der Waals surface area contributed by atoms with E-state index in [9.17, 15) is 9.59 Å². The predicted octanol–water partition coefficient (Wildman–Crippen LogP) is 2.40. The summed E-state index contributed by atoms with van der Waals surface area (Å²) in [6, 6.07) is -0.182. The number of aryl methyl sites for hydroxylation is 2. The first-order chi connectivity index (χ1) is 12.0. The molecule has 3 amide bonds. The van der Waals surface area contributed by atoms with Gasteiger partial charge in [-0.05, 0) is 39.5 Å². The maximum atomic E-state index is 12.7. The van der Waals surface area contributed by atoms with Crippen LogP contribution in [0.3, 0.4) is 0 Å². The van der Waals surface area contributed by atoms with Crippen LogP contribution < -0.4 is 5.32 Å². The molecule has 3 rings (SSSR count). The monoisotopic (exact) mass is 348 g/mol. The Kier molecular flexibility index (Phi) is 5.30. The molecule has 2 aliphatic rings. The van der Waals surface area contributed by atoms with E-state index in [1.54, 1.807) is 0 Å². The maximum Gasteiger partial charge on any atom is 0.317 e. The molecule has 7 nitrogen and oxygen atoms in total. The van der Waals surface area contributed by atoms with Crippen LogP contribution in [0.2, 0.25) is 0 Å². The van der Waals surface area contributed by atoms with Gasteiger partial charge >= 0.3 is 6.03 Å². The Morgan fingerprint density at radius 2 is 1.88 bits per heavy atom. The molecule has 0 spiro atoms. The molecule has 1 saturated heterocycles. The summed E-state index contributed by atoms with van der Waals surface area (Å²) in [7, 11) is 0. The lowest BCUT2D eigenvalue weighted by Crippen LogP contribution is -2.44. The average molecular weight is 348 g/mol. The van der Waals surface area contributed by atoms with Crippen LogP contribution in [0.5, 0.6) is 0 Å². The van der Waals surface area contributed by atoms with E-state index in [2.05, 4.69) is 10.5 Å². The third-order valence-corrected chi connectivity index (χ3v) is 5.16. The zero-order chi connectivity index (χ0) is 18.0. The second-order valence-corrected chi connectivity index (χ2v) is 7.09. The van der Waals surface area contributed by atoms with Crippen molar-refractivity contribution in [2.45, 2.75) is 52.5 Å². The first-order valence-corrected chi connectivity index (χ1v) is 9.28. The number of urea groups is 1. The van der Waals surface area contributed by atoms with Gasteiger partial charge < -0.3 is 19.6 Å². The lowest BCUT2D eigenvalue weighted by atomic mass is 10.0. The molecule has 0 unspecified atom stereocenters. The number of carbonyl (C=O) groups is 2. The normalized spacial score (nSPS) is 19.5. The van der Waals surface area contributed by atoms with Crippen LogP contribution in [0.4, 0.5) is 4.79 Å². The van der Waals surface area contributed by atoms with E-state index in [0.29, 0.717) is 19.6 Å². The minimum Gasteiger partial charge on any atom is -0.361 e. The van der Waals surface area contributed by atoms with E-state index >= 15 is 0 Å². The van der Waals surface area contributed by atoms with Crippen molar-refractivity contribution in [2.24, 2.45) is 5.92 Å². The molecule has 0 radical (unpaired) electrons. The number of nitrogens with one attached hydrogen (secondary N) is 1. The fourth-order valence-electron chi connectivity index (χ4n) is 3.54. The van der Waals surface area contributed by atoms with Crippen LogP contribution in [-0.2, 0) is 4.79 Å². The van der Waals surface area contributed by atoms with Crippen molar-refractivity contribution in [1.82, 2.24) is 20.3 Å². The van der Waals surface area contributed by atoms with Gasteiger partial charge in [-0.1, -0.05) is 12.1 Å². The molecule has 1 aliphatic heterocycles. The Bertz CT molecular complexity index is 619. The van der Waals surface area contributed by atoms with Crippen LogP contribution in [0.25, 0.3) is 0 Å². The number of rotatable bonds is 4. The third-order valence-electron chi connectivity index (χ3n) is 5.16. The molecule has 138 valence electrons. The molecular formula is C18H28N4O3. The van der Waals surface area contributed by atoms with E-state index in [1.807, 2.05) is 30.6 Å². The summed E-state index contributed by atoms with van der Waals surface area (Å²) >= 11 is 0. The highest BCUT2D eigenvalue weighted by Gasteiger charge is 2.34. The lowest BCUT2D eigenvalue weighted by Gasteiger charge is -2.25. The van der Waals surface area contributed by atoms with Crippen molar-refractivity contribution in [2.75, 3.05) is 26.2 Å². The Balaban J connectivity index is 1.59. The summed E-state index contributed by atoms with van der Waals surface area (Å²) in [6.07, 6.45) is 3.65. The van der Waals surface area contributed by atoms with Gasteiger partial charge in [-0.25, -0.2) is 4.79 Å². The van der Waals surface area contributed by atoms with Crippen LogP contribution in [0.15, 0.2) is 4.52 Å². The molecule has 1 atom stereocenters. The minimum atomic E-state index is -0.105. The zero-order valence-corrected chi connectivity index (χ0v) is 15.4. The van der Waals surface area contributed by atoms with Gasteiger partial charge in [0.1, 0.15) is 5.76 Å². The standard InChI is InChI=1S/C18H28N4O3/c1-4-15(16-12(2)20-25-13(16)3)19-18(24)22-9-5-8-21(10-11-22)17(23)14-6-7-14/h14-15H,4-11H2,1-3H3,(H,19,24)/t15-/m1/s1. The van der Waals surface area contributed by atoms with Crippen LogP contribution >= 0.6 is 0 Å². The fraction of sp³-hybridized carbons (Fsp3) is 0.722. The summed E-state index contributed by atoms with van der Waals surface area (Å²) < 4.78 is 5.23. The van der Waals surface area contributed by atoms with E-state index in [4.69, 9.17) is 4.52 Å². The molecule has 0 aromatic carbocycles. The molecule has 0 bridgehead atoms. The second-order valence-electron chi connectivity index (χ2n) is 7.09. The molecule has 1 aromatic heterocycles. The number of hydrogen-bond acceptors (Lipinski definition) is 4. The highest BCUT2D eigenvalue weighted by molar-refractivity contribution is 5.81. The van der Waals surface area contributed by atoms with Crippen molar-refractivity contribution < 1.29 is 14.1 Å². The number of aromatic nitrogens is 1. The zero-order valence-electron chi connectivity index (χ0n) is 15.4. The van der Waals surface area contributed by atoms with Crippen molar-refractivity contribution in [3.05, 3.63) is 17.0 Å². The van der Waals surface area contributed by atoms with Crippen molar-refractivity contribution in [3.8, 4) is 0 Å². The Labute approximate surface area is 148 Å². The number of nitrogens with zero attached hydrogens (tertiary/aromatic N) is 3. The molecule has 2 fully saturated rings. The highest BCUT2D eigenvalue weighted by Crippen LogP contribution is 2.31. The number of carbonyl (C=O) groups excluding carboxylic acids is 2. The fourth-order valence-corrected chi connectivity index (χ4v) is 3.54. The first-order valence-electron chi connectivity index (χ1n) is 9.28. The summed E-state index contributed by atoms with van der Waals surface area (Å²) in [6.45, 7) is 8.45. The van der Waals surface area contributed by atoms with E-state index in [1.165, 1.54) is 0 Å². The molecule has 1 N–H and O–H groups in total. The van der Waals surface area contributed by atoms with Crippen LogP contribution in [0, 0.1) is 19.8 Å². The van der Waals surface area contributed by atoms with Gasteiger partial charge in [0.05, 0.1) is 11.7 Å². The van der Waals surface area contributed by atoms with Gasteiger partial charge in [0, 0.05) is 37.7 Å². The first kappa shape index (κ1) is 17.8. The van der Waals surface area contributed by atoms with Gasteiger partial charge in [-0.2, -0.15) is 0 Å². The van der Waals surface area contributed by atoms with Crippen LogP contribution in [-0.4, -0.2) is 53.1 Å². The van der Waals surface area contributed by atoms with Crippen LogP contribution in [0.1, 0.15) is 55.7 Å². The SMILES string of the molecule is CC[C@@H](NC(=O)N1CCCN(C(=O)C2CC2)CC1)c1c(C)noc1C. The van der Waals surface area contributed by atoms with Crippen molar-refractivity contribution in [1.29, 1.82) is 0 Å². The summed E-state index contributed by atoms with van der Waals surface area (Å²) in [5, 5.41) is 7.10. The molecular weight excluding hydrogens is 320 g/mol. The Morgan fingerprint density at radius 3 is 2.48 bits per heavy atom. The quantitative estimate of drug-likeness (QED) is 0.906. The Morgan fingerprint density at radius 1 is 1.20 bits per heavy atom. The highest BCUT2D eigenvalue weighted by atomic mass is 16.5. The van der Waals surface area contributed by atoms with Gasteiger partial charge in [0.25, 0.3) is 0 Å². The number of hydrogen-bond donors (Lipinski definition) is 1. The molecule has 25 heavy (non-hydrogen) atoms. The maximum absolute atomic E-state index is 12.7. The Hall–Kier alpha value is -2.05. The molecule has 2 heterocycles. The van der Waals surface area contributed by atoms with E-state index in [-0.39, 0.29) is 23.9 Å². The van der Waals surface area contributed by atoms with Crippen molar-refractivity contribution in [3.63, 3.8) is 0 Å². The van der Waals surface area contributed by atoms with Gasteiger partial charge in [-0.15, -0.1) is 0 Å². The second kappa shape index (κ2) is 7.45. The largest absolute Gasteiger partial charge is 0.361 e. The molecule has 1 aromatic rings. The molecule has 1 saturated carbocycles. The van der Waals surface area contributed by atoms with E-state index < -0.39 is 0 Å². The smallest absolute Gasteiger partial charge is 0.317 e. The predicted molar refractivity (Wildman–Crippen MR) is 93.0 cm³/mol.